The number of nitrogens with one attached hydrogen (secondary N) is 1. The molecule has 0 radical (unpaired) electrons. The lowest BCUT2D eigenvalue weighted by Crippen LogP contribution is -1.96. The van der Waals surface area contributed by atoms with E-state index in [4.69, 9.17) is 28.8 Å². The van der Waals surface area contributed by atoms with Gasteiger partial charge in [-0.1, -0.05) is 11.6 Å². The Morgan fingerprint density at radius 1 is 0.862 bits per heavy atom. The molecule has 0 saturated carbocycles. The summed E-state index contributed by atoms with van der Waals surface area (Å²) >= 11 is 12.4. The Kier molecular flexibility index (Phi) is 6.56. The zero-order chi connectivity index (χ0) is 21.0. The molecule has 0 amide bonds. The summed E-state index contributed by atoms with van der Waals surface area (Å²) in [5, 5.41) is 18.8. The zero-order valence-corrected chi connectivity index (χ0v) is 18.4. The van der Waals surface area contributed by atoms with Crippen LogP contribution in [-0.2, 0) is 0 Å². The lowest BCUT2D eigenvalue weighted by Gasteiger charge is -2.02. The molecule has 10 nitrogen and oxygen atoms in total. The van der Waals surface area contributed by atoms with Gasteiger partial charge in [-0.3, -0.25) is 0 Å². The molecule has 29 heavy (non-hydrogen) atoms. The van der Waals surface area contributed by atoms with Crippen LogP contribution in [0.5, 0.6) is 0 Å². The molecule has 3 heterocycles. The van der Waals surface area contributed by atoms with Gasteiger partial charge in [0, 0.05) is 5.02 Å². The summed E-state index contributed by atoms with van der Waals surface area (Å²) in [5.41, 5.74) is 19.1. The molecule has 0 aliphatic heterocycles. The molecule has 0 saturated heterocycles. The van der Waals surface area contributed by atoms with Gasteiger partial charge in [0.2, 0.25) is 5.65 Å². The molecule has 0 bridgehead atoms. The number of H-pyrrole nitrogens is 1. The zero-order valence-electron chi connectivity index (χ0n) is 14.5. The number of nitrogens with zero attached hydrogens (tertiary/aromatic N) is 6. The van der Waals surface area contributed by atoms with Crippen molar-refractivity contribution in [3.05, 3.63) is 50.4 Å². The Hall–Kier alpha value is -2.83. The molecule has 0 spiro atoms. The Balaban J connectivity index is 0.000000186. The highest BCUT2D eigenvalue weighted by Crippen LogP contribution is 2.33. The Labute approximate surface area is 186 Å². The molecule has 0 aliphatic rings. The highest BCUT2D eigenvalue weighted by Gasteiger charge is 2.07. The molecule has 0 fully saturated rings. The van der Waals surface area contributed by atoms with Crippen molar-refractivity contribution in [2.45, 2.75) is 0 Å². The highest BCUT2D eigenvalue weighted by atomic mass is 79.9. The molecular weight excluding hydrogens is 528 g/mol. The predicted molar refractivity (Wildman–Crippen MR) is 120 cm³/mol. The number of hydrogen-bond donors (Lipinski definition) is 4. The van der Waals surface area contributed by atoms with Crippen LogP contribution in [0.1, 0.15) is 0 Å². The maximum Gasteiger partial charge on any atom is 0.204 e. The summed E-state index contributed by atoms with van der Waals surface area (Å²) in [6, 6.07) is 10.3. The van der Waals surface area contributed by atoms with E-state index in [-0.39, 0.29) is 5.82 Å². The third kappa shape index (κ3) is 5.37. The number of fused-ring (bicyclic) bond motifs is 1. The second-order valence-corrected chi connectivity index (χ2v) is 7.61. The predicted octanol–water partition coefficient (Wildman–Crippen LogP) is 4.77. The monoisotopic (exact) mass is 538 g/mol. The molecule has 4 aromatic rings. The van der Waals surface area contributed by atoms with E-state index in [0.717, 1.165) is 4.47 Å². The van der Waals surface area contributed by atoms with E-state index in [1.807, 2.05) is 0 Å². The van der Waals surface area contributed by atoms with E-state index in [1.165, 1.54) is 0 Å². The summed E-state index contributed by atoms with van der Waals surface area (Å²) < 4.78 is 1.44. The fraction of sp³-hybridized carbons (Fsp3) is 0. The Morgan fingerprint density at radius 2 is 1.52 bits per heavy atom. The molecular formula is C16H13Br2ClN10. The van der Waals surface area contributed by atoms with Crippen LogP contribution >= 0.6 is 43.5 Å². The molecule has 0 unspecified atom stereocenters. The van der Waals surface area contributed by atoms with Crippen molar-refractivity contribution >= 4 is 83.5 Å². The molecule has 7 N–H and O–H groups in total. The van der Waals surface area contributed by atoms with E-state index >= 15 is 0 Å². The lowest BCUT2D eigenvalue weighted by molar-refractivity contribution is 0.954. The number of halogens is 3. The molecule has 1 aromatic carbocycles. The number of nitrogens with two attached hydrogens (primary N) is 3. The van der Waals surface area contributed by atoms with Crippen molar-refractivity contribution in [3.8, 4) is 0 Å². The fourth-order valence-electron chi connectivity index (χ4n) is 2.08. The second-order valence-electron chi connectivity index (χ2n) is 5.46. The molecule has 0 atom stereocenters. The van der Waals surface area contributed by atoms with Crippen LogP contribution in [0.2, 0.25) is 5.02 Å². The maximum absolute atomic E-state index is 5.77. The summed E-state index contributed by atoms with van der Waals surface area (Å²) in [7, 11) is 0. The quantitative estimate of drug-likeness (QED) is 0.265. The minimum Gasteiger partial charge on any atom is -0.384 e. The second kappa shape index (κ2) is 9.11. The molecule has 3 aromatic heterocycles. The lowest BCUT2D eigenvalue weighted by atomic mass is 10.3. The number of hydrogen-bond acceptors (Lipinski definition) is 9. The number of aromatic nitrogens is 5. The van der Waals surface area contributed by atoms with Crippen LogP contribution < -0.4 is 17.2 Å². The van der Waals surface area contributed by atoms with Gasteiger partial charge in [0.05, 0.1) is 14.6 Å². The van der Waals surface area contributed by atoms with E-state index in [0.29, 0.717) is 43.7 Å². The molecule has 4 rings (SSSR count). The van der Waals surface area contributed by atoms with Crippen LogP contribution in [0.25, 0.3) is 11.2 Å². The third-order valence-corrected chi connectivity index (χ3v) is 4.81. The summed E-state index contributed by atoms with van der Waals surface area (Å²) in [6.45, 7) is 0. The smallest absolute Gasteiger partial charge is 0.204 e. The first-order valence-corrected chi connectivity index (χ1v) is 9.81. The van der Waals surface area contributed by atoms with Gasteiger partial charge in [-0.05, 0) is 68.3 Å². The first-order valence-electron chi connectivity index (χ1n) is 7.85. The van der Waals surface area contributed by atoms with Crippen LogP contribution in [0.4, 0.5) is 28.8 Å². The normalized spacial score (nSPS) is 10.9. The van der Waals surface area contributed by atoms with Gasteiger partial charge in [-0.25, -0.2) is 9.97 Å². The van der Waals surface area contributed by atoms with E-state index < -0.39 is 0 Å². The fourth-order valence-corrected chi connectivity index (χ4v) is 3.22. The van der Waals surface area contributed by atoms with Crippen molar-refractivity contribution in [2.24, 2.45) is 10.2 Å². The van der Waals surface area contributed by atoms with Crippen molar-refractivity contribution < 1.29 is 0 Å². The number of aromatic amines is 1. The van der Waals surface area contributed by atoms with E-state index in [9.17, 15) is 0 Å². The van der Waals surface area contributed by atoms with Crippen LogP contribution in [-0.4, -0.2) is 25.4 Å². The van der Waals surface area contributed by atoms with E-state index in [1.54, 1.807) is 36.4 Å². The molecule has 13 heteroatoms. The average Bonchev–Trinajstić information content (AvgIpc) is 3.12. The van der Waals surface area contributed by atoms with Crippen LogP contribution in [0, 0.1) is 0 Å². The largest absolute Gasteiger partial charge is 0.384 e. The summed E-state index contributed by atoms with van der Waals surface area (Å²) in [6.07, 6.45) is 0. The summed E-state index contributed by atoms with van der Waals surface area (Å²) in [4.78, 5) is 7.85. The highest BCUT2D eigenvalue weighted by molar-refractivity contribution is 9.11. The maximum atomic E-state index is 5.77. The van der Waals surface area contributed by atoms with Gasteiger partial charge in [0.25, 0.3) is 0 Å². The number of benzene rings is 1. The first-order chi connectivity index (χ1) is 13.8. The van der Waals surface area contributed by atoms with Gasteiger partial charge >= 0.3 is 0 Å². The average molecular weight is 541 g/mol. The SMILES string of the molecule is Nc1cc(Br)c(N=Nc2ccc(Cl)cc2)c(N)n1.Nc1cc(Br)c2n[nH]nc2n1. The van der Waals surface area contributed by atoms with Gasteiger partial charge < -0.3 is 17.2 Å². The number of anilines is 3. The van der Waals surface area contributed by atoms with Crippen molar-refractivity contribution in [3.63, 3.8) is 0 Å². The van der Waals surface area contributed by atoms with Gasteiger partial charge in [0.15, 0.2) is 5.82 Å². The van der Waals surface area contributed by atoms with Gasteiger partial charge in [-0.15, -0.1) is 10.2 Å². The van der Waals surface area contributed by atoms with E-state index in [2.05, 4.69) is 67.5 Å². The third-order valence-electron chi connectivity index (χ3n) is 3.35. The standard InChI is InChI=1S/C11H9BrClN5.C5H4BrN5/c12-8-5-9(14)16-11(15)10(8)18-17-7-3-1-6(13)2-4-7;6-2-1-3(7)8-5-4(2)9-11-10-5/h1-5H,(H4,14,15,16);1H,(H3,7,8,9,10,11). The number of rotatable bonds is 2. The minimum atomic E-state index is 0.222. The van der Waals surface area contributed by atoms with Crippen LogP contribution in [0.15, 0.2) is 55.6 Å². The van der Waals surface area contributed by atoms with Crippen LogP contribution in [0.3, 0.4) is 0 Å². The Bertz CT molecular complexity index is 1150. The van der Waals surface area contributed by atoms with Crippen molar-refractivity contribution in [1.82, 2.24) is 25.4 Å². The molecule has 0 aliphatic carbocycles. The minimum absolute atomic E-state index is 0.222. The topological polar surface area (TPSA) is 170 Å². The van der Waals surface area contributed by atoms with Gasteiger partial charge in [-0.2, -0.15) is 15.4 Å². The number of azo groups is 1. The number of nitrogen functional groups attached to an aromatic ring is 3. The number of pyridine rings is 2. The molecule has 148 valence electrons. The Morgan fingerprint density at radius 3 is 2.21 bits per heavy atom. The van der Waals surface area contributed by atoms with Gasteiger partial charge in [0.1, 0.15) is 22.8 Å². The summed E-state index contributed by atoms with van der Waals surface area (Å²) in [5.74, 6) is 0.975. The first kappa shape index (κ1) is 20.9. The van der Waals surface area contributed by atoms with Crippen molar-refractivity contribution in [2.75, 3.05) is 17.2 Å². The van der Waals surface area contributed by atoms with Crippen molar-refractivity contribution in [1.29, 1.82) is 0 Å².